The molecular weight excluding hydrogens is 202 g/mol. The van der Waals surface area contributed by atoms with Crippen LogP contribution in [0.1, 0.15) is 46.0 Å². The molecule has 3 heteroatoms. The zero-order valence-electron chi connectivity index (χ0n) is 10.6. The normalized spacial score (nSPS) is 18.2. The number of carboxylic acids is 1. The smallest absolute Gasteiger partial charge is 0.317 e. The molecule has 1 rings (SSSR count). The number of hydrogen-bond acceptors (Lipinski definition) is 2. The monoisotopic (exact) mass is 227 g/mol. The van der Waals surface area contributed by atoms with Gasteiger partial charge in [0, 0.05) is 13.1 Å². The highest BCUT2D eigenvalue weighted by Gasteiger charge is 2.19. The van der Waals surface area contributed by atoms with Crippen LogP contribution in [0.5, 0.6) is 0 Å². The number of carboxylic acid groups (broad SMARTS) is 1. The Hall–Kier alpha value is -0.570. The molecule has 1 aliphatic carbocycles. The van der Waals surface area contributed by atoms with Crippen molar-refractivity contribution in [2.75, 3.05) is 19.6 Å². The summed E-state index contributed by atoms with van der Waals surface area (Å²) >= 11 is 0. The first-order valence-corrected chi connectivity index (χ1v) is 6.52. The molecule has 0 amide bonds. The molecule has 0 radical (unpaired) electrons. The summed E-state index contributed by atoms with van der Waals surface area (Å²) < 4.78 is 0. The highest BCUT2D eigenvalue weighted by molar-refractivity contribution is 5.69. The largest absolute Gasteiger partial charge is 0.480 e. The fourth-order valence-corrected chi connectivity index (χ4v) is 2.65. The molecule has 94 valence electrons. The molecule has 0 aromatic heterocycles. The molecule has 0 aliphatic heterocycles. The van der Waals surface area contributed by atoms with Crippen molar-refractivity contribution < 1.29 is 9.90 Å². The fourth-order valence-electron chi connectivity index (χ4n) is 2.65. The van der Waals surface area contributed by atoms with E-state index in [9.17, 15) is 4.79 Å². The minimum atomic E-state index is -0.698. The minimum absolute atomic E-state index is 0.203. The van der Waals surface area contributed by atoms with Gasteiger partial charge < -0.3 is 5.11 Å². The summed E-state index contributed by atoms with van der Waals surface area (Å²) in [6.07, 6.45) is 6.59. The lowest BCUT2D eigenvalue weighted by molar-refractivity contribution is -0.138. The number of carbonyl (C=O) groups is 1. The first-order chi connectivity index (χ1) is 7.58. The van der Waals surface area contributed by atoms with Crippen molar-refractivity contribution in [3.8, 4) is 0 Å². The molecule has 16 heavy (non-hydrogen) atoms. The second kappa shape index (κ2) is 6.89. The van der Waals surface area contributed by atoms with E-state index in [1.54, 1.807) is 0 Å². The van der Waals surface area contributed by atoms with Crippen LogP contribution in [-0.2, 0) is 4.79 Å². The average Bonchev–Trinajstić information content (AvgIpc) is 2.16. The molecule has 0 saturated heterocycles. The van der Waals surface area contributed by atoms with Gasteiger partial charge in [0.15, 0.2) is 0 Å². The van der Waals surface area contributed by atoms with Gasteiger partial charge in [-0.1, -0.05) is 33.1 Å². The number of hydrogen-bond donors (Lipinski definition) is 1. The summed E-state index contributed by atoms with van der Waals surface area (Å²) in [5.74, 6) is 0.575. The highest BCUT2D eigenvalue weighted by atomic mass is 16.4. The van der Waals surface area contributed by atoms with Crippen LogP contribution < -0.4 is 0 Å². The van der Waals surface area contributed by atoms with E-state index >= 15 is 0 Å². The number of nitrogens with zero attached hydrogens (tertiary/aromatic N) is 1. The van der Waals surface area contributed by atoms with Gasteiger partial charge in [-0.3, -0.25) is 9.69 Å². The molecule has 0 unspecified atom stereocenters. The molecule has 0 aromatic carbocycles. The van der Waals surface area contributed by atoms with E-state index in [0.717, 1.165) is 19.0 Å². The zero-order valence-corrected chi connectivity index (χ0v) is 10.6. The molecule has 3 nitrogen and oxygen atoms in total. The van der Waals surface area contributed by atoms with E-state index in [-0.39, 0.29) is 6.54 Å². The SMILES string of the molecule is CC(C)CN(CC(=O)O)CC1CCCCC1. The van der Waals surface area contributed by atoms with Gasteiger partial charge in [-0.25, -0.2) is 0 Å². The lowest BCUT2D eigenvalue weighted by atomic mass is 9.89. The Morgan fingerprint density at radius 2 is 1.94 bits per heavy atom. The Balaban J connectivity index is 2.37. The van der Waals surface area contributed by atoms with Crippen LogP contribution in [0.4, 0.5) is 0 Å². The second-order valence-electron chi connectivity index (χ2n) is 5.49. The summed E-state index contributed by atoms with van der Waals surface area (Å²) in [4.78, 5) is 12.9. The number of rotatable bonds is 6. The van der Waals surface area contributed by atoms with Gasteiger partial charge in [0.1, 0.15) is 0 Å². The Labute approximate surface area is 98.8 Å². The van der Waals surface area contributed by atoms with E-state index in [2.05, 4.69) is 18.7 Å². The van der Waals surface area contributed by atoms with Crippen molar-refractivity contribution >= 4 is 5.97 Å². The summed E-state index contributed by atoms with van der Waals surface area (Å²) in [5, 5.41) is 8.88. The van der Waals surface area contributed by atoms with Crippen LogP contribution in [0.2, 0.25) is 0 Å². The maximum Gasteiger partial charge on any atom is 0.317 e. The van der Waals surface area contributed by atoms with Gasteiger partial charge in [0.25, 0.3) is 0 Å². The van der Waals surface area contributed by atoms with Gasteiger partial charge in [0.05, 0.1) is 6.54 Å². The Morgan fingerprint density at radius 1 is 1.31 bits per heavy atom. The molecular formula is C13H25NO2. The van der Waals surface area contributed by atoms with Gasteiger partial charge in [-0.2, -0.15) is 0 Å². The van der Waals surface area contributed by atoms with Gasteiger partial charge in [0.2, 0.25) is 0 Å². The third-order valence-corrected chi connectivity index (χ3v) is 3.22. The van der Waals surface area contributed by atoms with Crippen LogP contribution in [0, 0.1) is 11.8 Å². The molecule has 1 saturated carbocycles. The van der Waals surface area contributed by atoms with Gasteiger partial charge in [-0.05, 0) is 24.7 Å². The predicted molar refractivity (Wildman–Crippen MR) is 65.5 cm³/mol. The van der Waals surface area contributed by atoms with Crippen molar-refractivity contribution in [3.63, 3.8) is 0 Å². The Kier molecular flexibility index (Phi) is 5.81. The summed E-state index contributed by atoms with van der Waals surface area (Å²) in [5.41, 5.74) is 0. The summed E-state index contributed by atoms with van der Waals surface area (Å²) in [6, 6.07) is 0. The molecule has 0 spiro atoms. The van der Waals surface area contributed by atoms with E-state index in [1.807, 2.05) is 0 Å². The first kappa shape index (κ1) is 13.5. The lowest BCUT2D eigenvalue weighted by Crippen LogP contribution is -2.37. The summed E-state index contributed by atoms with van der Waals surface area (Å²) in [7, 11) is 0. The van der Waals surface area contributed by atoms with E-state index in [0.29, 0.717) is 5.92 Å². The third-order valence-electron chi connectivity index (χ3n) is 3.22. The zero-order chi connectivity index (χ0) is 12.0. The Morgan fingerprint density at radius 3 is 2.44 bits per heavy atom. The third kappa shape index (κ3) is 5.50. The van der Waals surface area contributed by atoms with Gasteiger partial charge >= 0.3 is 5.97 Å². The second-order valence-corrected chi connectivity index (χ2v) is 5.49. The van der Waals surface area contributed by atoms with Crippen molar-refractivity contribution in [1.29, 1.82) is 0 Å². The first-order valence-electron chi connectivity index (χ1n) is 6.52. The van der Waals surface area contributed by atoms with Crippen molar-refractivity contribution in [3.05, 3.63) is 0 Å². The van der Waals surface area contributed by atoms with Crippen LogP contribution in [-0.4, -0.2) is 35.6 Å². The maximum atomic E-state index is 10.8. The molecule has 0 bridgehead atoms. The van der Waals surface area contributed by atoms with Crippen molar-refractivity contribution in [2.45, 2.75) is 46.0 Å². The average molecular weight is 227 g/mol. The van der Waals surface area contributed by atoms with E-state index < -0.39 is 5.97 Å². The Bertz CT molecular complexity index is 210. The van der Waals surface area contributed by atoms with Crippen molar-refractivity contribution in [2.24, 2.45) is 11.8 Å². The molecule has 0 aromatic rings. The van der Waals surface area contributed by atoms with Crippen molar-refractivity contribution in [1.82, 2.24) is 4.90 Å². The van der Waals surface area contributed by atoms with Gasteiger partial charge in [-0.15, -0.1) is 0 Å². The molecule has 1 fully saturated rings. The van der Waals surface area contributed by atoms with E-state index in [4.69, 9.17) is 5.11 Å². The molecule has 1 N–H and O–H groups in total. The minimum Gasteiger partial charge on any atom is -0.480 e. The highest BCUT2D eigenvalue weighted by Crippen LogP contribution is 2.24. The molecule has 1 aliphatic rings. The van der Waals surface area contributed by atoms with Crippen LogP contribution in [0.25, 0.3) is 0 Å². The molecule has 0 atom stereocenters. The van der Waals surface area contributed by atoms with Crippen LogP contribution in [0.3, 0.4) is 0 Å². The fraction of sp³-hybridized carbons (Fsp3) is 0.923. The topological polar surface area (TPSA) is 40.5 Å². The van der Waals surface area contributed by atoms with Crippen LogP contribution in [0.15, 0.2) is 0 Å². The number of aliphatic carboxylic acids is 1. The standard InChI is InChI=1S/C13H25NO2/c1-11(2)8-14(10-13(15)16)9-12-6-4-3-5-7-12/h11-12H,3-10H2,1-2H3,(H,15,16). The molecule has 0 heterocycles. The quantitative estimate of drug-likeness (QED) is 0.758. The maximum absolute atomic E-state index is 10.8. The lowest BCUT2D eigenvalue weighted by Gasteiger charge is -2.29. The predicted octanol–water partition coefficient (Wildman–Crippen LogP) is 2.61. The summed E-state index contributed by atoms with van der Waals surface area (Å²) in [6.45, 7) is 6.38. The van der Waals surface area contributed by atoms with Crippen LogP contribution >= 0.6 is 0 Å². The van der Waals surface area contributed by atoms with E-state index in [1.165, 1.54) is 32.1 Å².